The van der Waals surface area contributed by atoms with Gasteiger partial charge in [-0.15, -0.1) is 0 Å². The molecule has 0 radical (unpaired) electrons. The molecule has 0 saturated heterocycles. The minimum Gasteiger partial charge on any atom is -0.307 e. The second-order valence-corrected chi connectivity index (χ2v) is 3.69. The first-order valence-corrected chi connectivity index (χ1v) is 4.98. The highest BCUT2D eigenvalue weighted by Gasteiger charge is 2.10. The summed E-state index contributed by atoms with van der Waals surface area (Å²) in [5.74, 6) is 0. The molecular weight excluding hydrogens is 174 g/mol. The van der Waals surface area contributed by atoms with E-state index in [9.17, 15) is 4.79 Å². The van der Waals surface area contributed by atoms with Crippen molar-refractivity contribution in [1.82, 2.24) is 5.32 Å². The van der Waals surface area contributed by atoms with Crippen molar-refractivity contribution in [1.29, 1.82) is 0 Å². The molecule has 0 bridgehead atoms. The summed E-state index contributed by atoms with van der Waals surface area (Å²) in [6.07, 6.45) is 1.50. The maximum atomic E-state index is 10.5. The molecule has 2 nitrogen and oxygen atoms in total. The molecule has 0 aliphatic carbocycles. The Labute approximate surface area is 85.3 Å². The molecule has 0 amide bonds. The minimum atomic E-state index is 0.147. The molecule has 0 saturated carbocycles. The van der Waals surface area contributed by atoms with Crippen molar-refractivity contribution in [2.45, 2.75) is 32.4 Å². The number of aldehydes is 1. The molecular formula is C12H17NO. The Bertz CT molecular complexity index is 269. The van der Waals surface area contributed by atoms with Crippen molar-refractivity contribution >= 4 is 6.29 Å². The second-order valence-electron chi connectivity index (χ2n) is 3.69. The standard InChI is InChI=1S/C12H17NO/c1-10(2)13-12(8-9-14)11-6-4-3-5-7-11/h3-7,9-10,12-13H,8H2,1-2H3. The topological polar surface area (TPSA) is 29.1 Å². The third-order valence-corrected chi connectivity index (χ3v) is 2.07. The Morgan fingerprint density at radius 2 is 1.93 bits per heavy atom. The van der Waals surface area contributed by atoms with E-state index in [4.69, 9.17) is 0 Å². The van der Waals surface area contributed by atoms with Crippen LogP contribution in [-0.4, -0.2) is 12.3 Å². The average molecular weight is 191 g/mol. The Balaban J connectivity index is 2.72. The van der Waals surface area contributed by atoms with E-state index in [-0.39, 0.29) is 6.04 Å². The van der Waals surface area contributed by atoms with Gasteiger partial charge in [0.25, 0.3) is 0 Å². The van der Waals surface area contributed by atoms with E-state index in [1.165, 1.54) is 5.56 Å². The normalized spacial score (nSPS) is 12.8. The Hall–Kier alpha value is -1.15. The number of nitrogens with one attached hydrogen (secondary N) is 1. The molecule has 1 unspecified atom stereocenters. The first-order chi connectivity index (χ1) is 6.74. The summed E-state index contributed by atoms with van der Waals surface area (Å²) in [6.45, 7) is 4.17. The van der Waals surface area contributed by atoms with Crippen LogP contribution in [-0.2, 0) is 4.79 Å². The van der Waals surface area contributed by atoms with E-state index in [1.807, 2.05) is 30.3 Å². The molecule has 1 rings (SSSR count). The van der Waals surface area contributed by atoms with E-state index in [1.54, 1.807) is 0 Å². The molecule has 1 atom stereocenters. The van der Waals surface area contributed by atoms with Crippen LogP contribution in [0.15, 0.2) is 30.3 Å². The summed E-state index contributed by atoms with van der Waals surface area (Å²) in [7, 11) is 0. The van der Waals surface area contributed by atoms with E-state index in [0.29, 0.717) is 12.5 Å². The monoisotopic (exact) mass is 191 g/mol. The molecule has 0 heterocycles. The predicted octanol–water partition coefficient (Wildman–Crippen LogP) is 2.31. The van der Waals surface area contributed by atoms with Gasteiger partial charge in [0.1, 0.15) is 6.29 Å². The van der Waals surface area contributed by atoms with Crippen LogP contribution in [0.5, 0.6) is 0 Å². The van der Waals surface area contributed by atoms with Gasteiger partial charge in [0.2, 0.25) is 0 Å². The lowest BCUT2D eigenvalue weighted by Crippen LogP contribution is -2.28. The second kappa shape index (κ2) is 5.55. The fourth-order valence-corrected chi connectivity index (χ4v) is 1.48. The SMILES string of the molecule is CC(C)NC(CC=O)c1ccccc1. The van der Waals surface area contributed by atoms with E-state index >= 15 is 0 Å². The van der Waals surface area contributed by atoms with Gasteiger partial charge in [-0.1, -0.05) is 44.2 Å². The molecule has 1 aromatic rings. The van der Waals surface area contributed by atoms with E-state index in [0.717, 1.165) is 6.29 Å². The summed E-state index contributed by atoms with van der Waals surface area (Å²) < 4.78 is 0. The number of benzene rings is 1. The van der Waals surface area contributed by atoms with Crippen LogP contribution in [0.3, 0.4) is 0 Å². The number of carbonyl (C=O) groups excluding carboxylic acids is 1. The molecule has 2 heteroatoms. The third kappa shape index (κ3) is 3.30. The van der Waals surface area contributed by atoms with Gasteiger partial charge in [-0.2, -0.15) is 0 Å². The van der Waals surface area contributed by atoms with Crippen LogP contribution < -0.4 is 5.32 Å². The number of hydrogen-bond donors (Lipinski definition) is 1. The van der Waals surface area contributed by atoms with Crippen LogP contribution in [0.1, 0.15) is 31.9 Å². The zero-order valence-corrected chi connectivity index (χ0v) is 8.73. The van der Waals surface area contributed by atoms with Gasteiger partial charge in [-0.05, 0) is 5.56 Å². The third-order valence-electron chi connectivity index (χ3n) is 2.07. The fourth-order valence-electron chi connectivity index (χ4n) is 1.48. The average Bonchev–Trinajstić information content (AvgIpc) is 2.18. The van der Waals surface area contributed by atoms with Crippen LogP contribution >= 0.6 is 0 Å². The lowest BCUT2D eigenvalue weighted by molar-refractivity contribution is -0.108. The molecule has 0 aromatic heterocycles. The van der Waals surface area contributed by atoms with E-state index < -0.39 is 0 Å². The van der Waals surface area contributed by atoms with Crippen molar-refractivity contribution < 1.29 is 4.79 Å². The molecule has 0 aliphatic heterocycles. The fraction of sp³-hybridized carbons (Fsp3) is 0.417. The van der Waals surface area contributed by atoms with E-state index in [2.05, 4.69) is 19.2 Å². The molecule has 76 valence electrons. The lowest BCUT2D eigenvalue weighted by atomic mass is 10.0. The van der Waals surface area contributed by atoms with Crippen molar-refractivity contribution in [2.24, 2.45) is 0 Å². The number of carbonyl (C=O) groups is 1. The largest absolute Gasteiger partial charge is 0.307 e. The number of rotatable bonds is 5. The smallest absolute Gasteiger partial charge is 0.121 e. The van der Waals surface area contributed by atoms with Crippen LogP contribution in [0, 0.1) is 0 Å². The Kier molecular flexibility index (Phi) is 4.33. The lowest BCUT2D eigenvalue weighted by Gasteiger charge is -2.19. The van der Waals surface area contributed by atoms with Crippen LogP contribution in [0.25, 0.3) is 0 Å². The molecule has 1 aromatic carbocycles. The summed E-state index contributed by atoms with van der Waals surface area (Å²) in [4.78, 5) is 10.5. The summed E-state index contributed by atoms with van der Waals surface area (Å²) in [6, 6.07) is 10.6. The van der Waals surface area contributed by atoms with Crippen molar-refractivity contribution in [3.8, 4) is 0 Å². The molecule has 1 N–H and O–H groups in total. The van der Waals surface area contributed by atoms with Gasteiger partial charge in [-0.3, -0.25) is 0 Å². The Morgan fingerprint density at radius 3 is 2.43 bits per heavy atom. The van der Waals surface area contributed by atoms with Gasteiger partial charge >= 0.3 is 0 Å². The summed E-state index contributed by atoms with van der Waals surface area (Å²) in [5, 5.41) is 3.37. The maximum Gasteiger partial charge on any atom is 0.121 e. The summed E-state index contributed by atoms with van der Waals surface area (Å²) >= 11 is 0. The molecule has 0 aliphatic rings. The quantitative estimate of drug-likeness (QED) is 0.724. The molecule has 14 heavy (non-hydrogen) atoms. The van der Waals surface area contributed by atoms with Crippen molar-refractivity contribution in [2.75, 3.05) is 0 Å². The summed E-state index contributed by atoms with van der Waals surface area (Å²) in [5.41, 5.74) is 1.17. The highest BCUT2D eigenvalue weighted by Crippen LogP contribution is 2.15. The number of hydrogen-bond acceptors (Lipinski definition) is 2. The highest BCUT2D eigenvalue weighted by molar-refractivity contribution is 5.51. The van der Waals surface area contributed by atoms with Crippen LogP contribution in [0.2, 0.25) is 0 Å². The van der Waals surface area contributed by atoms with Crippen molar-refractivity contribution in [3.05, 3.63) is 35.9 Å². The van der Waals surface area contributed by atoms with Gasteiger partial charge in [0, 0.05) is 18.5 Å². The Morgan fingerprint density at radius 1 is 1.29 bits per heavy atom. The first-order valence-electron chi connectivity index (χ1n) is 4.98. The zero-order chi connectivity index (χ0) is 10.4. The van der Waals surface area contributed by atoms with Crippen LogP contribution in [0.4, 0.5) is 0 Å². The zero-order valence-electron chi connectivity index (χ0n) is 8.73. The maximum absolute atomic E-state index is 10.5. The molecule has 0 spiro atoms. The van der Waals surface area contributed by atoms with Gasteiger partial charge in [0.15, 0.2) is 0 Å². The molecule has 0 fully saturated rings. The minimum absolute atomic E-state index is 0.147. The first kappa shape index (κ1) is 10.9. The highest BCUT2D eigenvalue weighted by atomic mass is 16.1. The predicted molar refractivity (Wildman–Crippen MR) is 58.1 cm³/mol. The van der Waals surface area contributed by atoms with Gasteiger partial charge < -0.3 is 10.1 Å². The van der Waals surface area contributed by atoms with Gasteiger partial charge in [-0.25, -0.2) is 0 Å². The van der Waals surface area contributed by atoms with Crippen molar-refractivity contribution in [3.63, 3.8) is 0 Å². The van der Waals surface area contributed by atoms with Gasteiger partial charge in [0.05, 0.1) is 0 Å².